The van der Waals surface area contributed by atoms with Crippen LogP contribution in [0.15, 0.2) is 78.7 Å². The maximum absolute atomic E-state index is 5.91. The SMILES string of the molecule is C=C(c1ccc(OCc2ccccc2)cc1)N(CCNC(C)C)Cc1cccs1. The van der Waals surface area contributed by atoms with Gasteiger partial charge in [0.2, 0.25) is 0 Å². The number of benzene rings is 2. The molecule has 29 heavy (non-hydrogen) atoms. The molecule has 0 saturated carbocycles. The molecular formula is C25H30N2OS. The van der Waals surface area contributed by atoms with Crippen molar-refractivity contribution in [3.8, 4) is 5.75 Å². The van der Waals surface area contributed by atoms with Crippen molar-refractivity contribution in [2.24, 2.45) is 0 Å². The van der Waals surface area contributed by atoms with Gasteiger partial charge in [-0.2, -0.15) is 0 Å². The van der Waals surface area contributed by atoms with Gasteiger partial charge in [-0.1, -0.05) is 56.8 Å². The lowest BCUT2D eigenvalue weighted by atomic mass is 10.1. The van der Waals surface area contributed by atoms with Crippen molar-refractivity contribution in [2.75, 3.05) is 13.1 Å². The van der Waals surface area contributed by atoms with Crippen LogP contribution in [0.4, 0.5) is 0 Å². The van der Waals surface area contributed by atoms with Gasteiger partial charge in [-0.25, -0.2) is 0 Å². The second-order valence-electron chi connectivity index (χ2n) is 7.36. The Morgan fingerprint density at radius 1 is 1.03 bits per heavy atom. The smallest absolute Gasteiger partial charge is 0.119 e. The molecule has 0 bridgehead atoms. The van der Waals surface area contributed by atoms with E-state index in [2.05, 4.69) is 72.4 Å². The summed E-state index contributed by atoms with van der Waals surface area (Å²) in [7, 11) is 0. The second-order valence-corrected chi connectivity index (χ2v) is 8.39. The number of ether oxygens (including phenoxy) is 1. The molecule has 0 aliphatic rings. The highest BCUT2D eigenvalue weighted by molar-refractivity contribution is 7.09. The van der Waals surface area contributed by atoms with Gasteiger partial charge in [0.25, 0.3) is 0 Å². The largest absolute Gasteiger partial charge is 0.489 e. The van der Waals surface area contributed by atoms with E-state index in [0.717, 1.165) is 36.6 Å². The van der Waals surface area contributed by atoms with E-state index in [0.29, 0.717) is 12.6 Å². The molecule has 1 N–H and O–H groups in total. The Labute approximate surface area is 178 Å². The number of hydrogen-bond donors (Lipinski definition) is 1. The van der Waals surface area contributed by atoms with Crippen molar-refractivity contribution in [3.05, 3.63) is 94.7 Å². The Hall–Kier alpha value is -2.56. The summed E-state index contributed by atoms with van der Waals surface area (Å²) in [6.45, 7) is 12.0. The summed E-state index contributed by atoms with van der Waals surface area (Å²) >= 11 is 1.79. The molecule has 3 nitrogen and oxygen atoms in total. The van der Waals surface area contributed by atoms with Gasteiger partial charge in [0.15, 0.2) is 0 Å². The zero-order valence-electron chi connectivity index (χ0n) is 17.3. The molecule has 0 spiro atoms. The highest BCUT2D eigenvalue weighted by atomic mass is 32.1. The molecule has 0 atom stereocenters. The Morgan fingerprint density at radius 2 is 1.79 bits per heavy atom. The van der Waals surface area contributed by atoms with Gasteiger partial charge in [0.1, 0.15) is 12.4 Å². The fourth-order valence-electron chi connectivity index (χ4n) is 3.06. The minimum absolute atomic E-state index is 0.480. The lowest BCUT2D eigenvalue weighted by molar-refractivity contribution is 0.306. The molecule has 3 rings (SSSR count). The number of hydrogen-bond acceptors (Lipinski definition) is 4. The first-order chi connectivity index (χ1) is 14.1. The molecule has 2 aromatic carbocycles. The van der Waals surface area contributed by atoms with E-state index in [4.69, 9.17) is 4.74 Å². The van der Waals surface area contributed by atoms with E-state index < -0.39 is 0 Å². The normalized spacial score (nSPS) is 10.9. The van der Waals surface area contributed by atoms with Crippen LogP contribution in [0.25, 0.3) is 5.70 Å². The van der Waals surface area contributed by atoms with E-state index >= 15 is 0 Å². The quantitative estimate of drug-likeness (QED) is 0.436. The molecule has 0 saturated heterocycles. The van der Waals surface area contributed by atoms with Gasteiger partial charge < -0.3 is 15.0 Å². The van der Waals surface area contributed by atoms with E-state index in [1.54, 1.807) is 11.3 Å². The van der Waals surface area contributed by atoms with Gasteiger partial charge in [-0.3, -0.25) is 0 Å². The fraction of sp³-hybridized carbons (Fsp3) is 0.280. The third kappa shape index (κ3) is 6.77. The summed E-state index contributed by atoms with van der Waals surface area (Å²) < 4.78 is 5.91. The van der Waals surface area contributed by atoms with Gasteiger partial charge in [-0.15, -0.1) is 11.3 Å². The maximum Gasteiger partial charge on any atom is 0.119 e. The average molecular weight is 407 g/mol. The van der Waals surface area contributed by atoms with Gasteiger partial charge >= 0.3 is 0 Å². The first kappa shape index (κ1) is 21.2. The monoisotopic (exact) mass is 406 g/mol. The summed E-state index contributed by atoms with van der Waals surface area (Å²) in [6.07, 6.45) is 0. The Bertz CT molecular complexity index is 858. The lowest BCUT2D eigenvalue weighted by Gasteiger charge is -2.27. The molecule has 3 aromatic rings. The van der Waals surface area contributed by atoms with Crippen LogP contribution in [0.3, 0.4) is 0 Å². The topological polar surface area (TPSA) is 24.5 Å². The van der Waals surface area contributed by atoms with Crippen molar-refractivity contribution >= 4 is 17.0 Å². The fourth-order valence-corrected chi connectivity index (χ4v) is 3.77. The molecule has 4 heteroatoms. The molecule has 0 fully saturated rings. The molecule has 152 valence electrons. The first-order valence-electron chi connectivity index (χ1n) is 10.1. The summed E-state index contributed by atoms with van der Waals surface area (Å²) in [5, 5.41) is 5.63. The average Bonchev–Trinajstić information content (AvgIpc) is 3.25. The minimum atomic E-state index is 0.480. The Kier molecular flexibility index (Phi) is 7.91. The Balaban J connectivity index is 1.62. The van der Waals surface area contributed by atoms with Crippen molar-refractivity contribution in [1.82, 2.24) is 10.2 Å². The number of rotatable bonds is 11. The van der Waals surface area contributed by atoms with Crippen LogP contribution in [0.1, 0.15) is 29.9 Å². The van der Waals surface area contributed by atoms with Crippen LogP contribution in [0, 0.1) is 0 Å². The molecule has 0 aliphatic carbocycles. The standard InChI is InChI=1S/C25H30N2OS/c1-20(2)26-15-16-27(18-25-10-7-17-29-25)21(3)23-11-13-24(14-12-23)28-19-22-8-5-4-6-9-22/h4-14,17,20,26H,3,15-16,18-19H2,1-2H3. The lowest BCUT2D eigenvalue weighted by Crippen LogP contribution is -2.33. The predicted octanol–water partition coefficient (Wildman–Crippen LogP) is 5.80. The van der Waals surface area contributed by atoms with Crippen molar-refractivity contribution in [2.45, 2.75) is 33.0 Å². The molecular weight excluding hydrogens is 376 g/mol. The number of thiophene rings is 1. The molecule has 1 heterocycles. The van der Waals surface area contributed by atoms with Crippen LogP contribution >= 0.6 is 11.3 Å². The first-order valence-corrected chi connectivity index (χ1v) is 11.0. The van der Waals surface area contributed by atoms with E-state index in [-0.39, 0.29) is 0 Å². The third-order valence-electron chi connectivity index (χ3n) is 4.68. The Morgan fingerprint density at radius 3 is 2.45 bits per heavy atom. The van der Waals surface area contributed by atoms with Crippen molar-refractivity contribution < 1.29 is 4.74 Å². The predicted molar refractivity (Wildman–Crippen MR) is 124 cm³/mol. The second kappa shape index (κ2) is 10.8. The highest BCUT2D eigenvalue weighted by Gasteiger charge is 2.12. The minimum Gasteiger partial charge on any atom is -0.489 e. The van der Waals surface area contributed by atoms with Crippen molar-refractivity contribution in [1.29, 1.82) is 0 Å². The number of nitrogens with one attached hydrogen (secondary N) is 1. The third-order valence-corrected chi connectivity index (χ3v) is 5.54. The van der Waals surface area contributed by atoms with E-state index in [1.165, 1.54) is 10.4 Å². The molecule has 0 unspecified atom stereocenters. The number of nitrogens with zero attached hydrogens (tertiary/aromatic N) is 1. The maximum atomic E-state index is 5.91. The molecule has 0 amide bonds. The van der Waals surface area contributed by atoms with Crippen LogP contribution < -0.4 is 10.1 Å². The van der Waals surface area contributed by atoms with Crippen LogP contribution in [-0.4, -0.2) is 24.0 Å². The highest BCUT2D eigenvalue weighted by Crippen LogP contribution is 2.24. The molecule has 0 aliphatic heterocycles. The van der Waals surface area contributed by atoms with Crippen LogP contribution in [0.5, 0.6) is 5.75 Å². The zero-order valence-corrected chi connectivity index (χ0v) is 18.1. The zero-order chi connectivity index (χ0) is 20.5. The van der Waals surface area contributed by atoms with Crippen molar-refractivity contribution in [3.63, 3.8) is 0 Å². The van der Waals surface area contributed by atoms with Gasteiger partial charge in [0, 0.05) is 29.7 Å². The summed E-state index contributed by atoms with van der Waals surface area (Å²) in [6, 6.07) is 23.2. The summed E-state index contributed by atoms with van der Waals surface area (Å²) in [5.41, 5.74) is 3.33. The van der Waals surface area contributed by atoms with Gasteiger partial charge in [-0.05, 0) is 46.8 Å². The molecule has 1 aromatic heterocycles. The summed E-state index contributed by atoms with van der Waals surface area (Å²) in [5.74, 6) is 0.872. The van der Waals surface area contributed by atoms with E-state index in [9.17, 15) is 0 Å². The summed E-state index contributed by atoms with van der Waals surface area (Å²) in [4.78, 5) is 3.69. The molecule has 0 radical (unpaired) electrons. The van der Waals surface area contributed by atoms with Crippen LogP contribution in [-0.2, 0) is 13.2 Å². The van der Waals surface area contributed by atoms with E-state index in [1.807, 2.05) is 30.3 Å². The van der Waals surface area contributed by atoms with Gasteiger partial charge in [0.05, 0.1) is 6.54 Å². The van der Waals surface area contributed by atoms with Crippen LogP contribution in [0.2, 0.25) is 0 Å².